The molecular weight excluding hydrogens is 741 g/mol. The van der Waals surface area contributed by atoms with E-state index in [0.29, 0.717) is 6.42 Å². The van der Waals surface area contributed by atoms with Crippen LogP contribution in [-0.2, 0) is 11.8 Å². The van der Waals surface area contributed by atoms with Gasteiger partial charge in [-0.25, -0.2) is 0 Å². The Morgan fingerprint density at radius 3 is 1.74 bits per heavy atom. The average molecular weight is 777 g/mol. The summed E-state index contributed by atoms with van der Waals surface area (Å²) < 4.78 is 6.44. The van der Waals surface area contributed by atoms with Crippen molar-refractivity contribution in [3.8, 4) is 66.8 Å². The standard InChI is InChI=1S/C59H36O2/c60-54-33-37-32-49-47(39-12-1-2-15-42(39)54)30-36(34-24-26-35(27-25-34)38-18-11-19-45-43-16-6-10-23-55(43)61-58(38)45)31-48(49)44-28-29-53-57(56(37)44)46-17-5-9-22-52(46)59(53)50-20-7-3-13-40(50)41-14-4-8-21-51(41)59/h1-31,37H,32-33H2. The third kappa shape index (κ3) is 4.29. The van der Waals surface area contributed by atoms with Gasteiger partial charge in [-0.3, -0.25) is 4.79 Å². The zero-order chi connectivity index (χ0) is 40.0. The first-order chi connectivity index (χ1) is 30.2. The van der Waals surface area contributed by atoms with Crippen molar-refractivity contribution in [2.75, 3.05) is 0 Å². The normalized spacial score (nSPS) is 15.7. The van der Waals surface area contributed by atoms with Crippen LogP contribution in [0, 0.1) is 0 Å². The fourth-order valence-corrected chi connectivity index (χ4v) is 12.0. The number of benzene rings is 9. The van der Waals surface area contributed by atoms with E-state index in [4.69, 9.17) is 4.42 Å². The molecule has 2 bridgehead atoms. The Labute approximate surface area is 353 Å². The molecule has 1 spiro atoms. The molecule has 4 aliphatic rings. The van der Waals surface area contributed by atoms with Crippen LogP contribution in [0.2, 0.25) is 0 Å². The maximum absolute atomic E-state index is 14.7. The van der Waals surface area contributed by atoms with Crippen LogP contribution in [0.25, 0.3) is 88.7 Å². The lowest BCUT2D eigenvalue weighted by Crippen LogP contribution is -2.26. The van der Waals surface area contributed by atoms with Crippen molar-refractivity contribution in [1.82, 2.24) is 0 Å². The Hall–Kier alpha value is -7.55. The molecule has 1 unspecified atom stereocenters. The molecule has 1 heterocycles. The Kier molecular flexibility index (Phi) is 6.56. The Morgan fingerprint density at radius 2 is 0.984 bits per heavy atom. The van der Waals surface area contributed by atoms with Crippen LogP contribution in [0.1, 0.15) is 56.1 Å². The zero-order valence-electron chi connectivity index (χ0n) is 33.2. The van der Waals surface area contributed by atoms with E-state index >= 15 is 0 Å². The number of carbonyl (C=O) groups excluding carboxylic acids is 1. The van der Waals surface area contributed by atoms with E-state index in [0.717, 1.165) is 61.7 Å². The quantitative estimate of drug-likeness (QED) is 0.175. The van der Waals surface area contributed by atoms with Gasteiger partial charge in [-0.15, -0.1) is 0 Å². The lowest BCUT2D eigenvalue weighted by molar-refractivity contribution is 0.0973. The van der Waals surface area contributed by atoms with Gasteiger partial charge >= 0.3 is 0 Å². The minimum absolute atomic E-state index is 0.0400. The first kappa shape index (κ1) is 33.3. The third-order valence-electron chi connectivity index (χ3n) is 14.5. The number of hydrogen-bond acceptors (Lipinski definition) is 2. The molecule has 0 saturated carbocycles. The maximum atomic E-state index is 14.7. The molecule has 0 radical (unpaired) electrons. The zero-order valence-corrected chi connectivity index (χ0v) is 33.2. The van der Waals surface area contributed by atoms with E-state index in [1.165, 1.54) is 72.3 Å². The van der Waals surface area contributed by atoms with E-state index in [2.05, 4.69) is 164 Å². The number of fused-ring (bicyclic) bond motifs is 20. The number of furan rings is 1. The molecule has 0 saturated heterocycles. The monoisotopic (exact) mass is 776 g/mol. The average Bonchev–Trinajstić information content (AvgIpc) is 3.95. The van der Waals surface area contributed by atoms with Crippen molar-refractivity contribution in [3.05, 3.63) is 227 Å². The van der Waals surface area contributed by atoms with Crippen molar-refractivity contribution < 1.29 is 9.21 Å². The molecular formula is C59H36O2. The SMILES string of the molecule is O=C1CC2Cc3c(cc(-c4ccc(-c5cccc6c5oc5ccccc56)cc4)cc3-c3ccc4c(c32)-c2ccccc2C42c3ccccc3-c3ccccc32)-c2ccccc21. The van der Waals surface area contributed by atoms with Gasteiger partial charge in [-0.1, -0.05) is 170 Å². The molecule has 1 aromatic heterocycles. The highest BCUT2D eigenvalue weighted by molar-refractivity contribution is 6.10. The Bertz CT molecular complexity index is 3520. The summed E-state index contributed by atoms with van der Waals surface area (Å²) in [6.45, 7) is 0. The molecule has 0 amide bonds. The van der Waals surface area contributed by atoms with E-state index < -0.39 is 5.41 Å². The van der Waals surface area contributed by atoms with Gasteiger partial charge in [0.2, 0.25) is 0 Å². The molecule has 0 aliphatic heterocycles. The van der Waals surface area contributed by atoms with Crippen molar-refractivity contribution in [2.45, 2.75) is 24.2 Å². The van der Waals surface area contributed by atoms with Gasteiger partial charge in [-0.2, -0.15) is 0 Å². The molecule has 0 fully saturated rings. The summed E-state index contributed by atoms with van der Waals surface area (Å²) in [7, 11) is 0. The number of hydrogen-bond donors (Lipinski definition) is 0. The number of carbonyl (C=O) groups is 1. The smallest absolute Gasteiger partial charge is 0.164 e. The number of rotatable bonds is 2. The summed E-state index contributed by atoms with van der Waals surface area (Å²) in [6.07, 6.45) is 1.29. The second-order valence-corrected chi connectivity index (χ2v) is 17.3. The second-order valence-electron chi connectivity index (χ2n) is 17.3. The number of Topliss-reactive ketones (excluding diaryl/α,β-unsaturated/α-hetero) is 1. The summed E-state index contributed by atoms with van der Waals surface area (Å²) in [5, 5.41) is 2.26. The van der Waals surface area contributed by atoms with Crippen molar-refractivity contribution >= 4 is 27.7 Å². The van der Waals surface area contributed by atoms with Crippen molar-refractivity contribution in [3.63, 3.8) is 0 Å². The third-order valence-corrected chi connectivity index (χ3v) is 14.5. The topological polar surface area (TPSA) is 30.2 Å². The fourth-order valence-electron chi connectivity index (χ4n) is 12.0. The van der Waals surface area contributed by atoms with E-state index in [9.17, 15) is 4.79 Å². The predicted octanol–water partition coefficient (Wildman–Crippen LogP) is 14.8. The molecule has 2 nitrogen and oxygen atoms in total. The van der Waals surface area contributed by atoms with Gasteiger partial charge in [0.15, 0.2) is 5.78 Å². The van der Waals surface area contributed by atoms with Crippen LogP contribution < -0.4 is 0 Å². The van der Waals surface area contributed by atoms with Crippen LogP contribution in [0.4, 0.5) is 0 Å². The Morgan fingerprint density at radius 1 is 0.410 bits per heavy atom. The number of para-hydroxylation sites is 2. The predicted molar refractivity (Wildman–Crippen MR) is 247 cm³/mol. The minimum Gasteiger partial charge on any atom is -0.455 e. The van der Waals surface area contributed by atoms with Gasteiger partial charge in [0.25, 0.3) is 0 Å². The van der Waals surface area contributed by atoms with Gasteiger partial charge in [-0.05, 0) is 125 Å². The molecule has 0 N–H and O–H groups in total. The van der Waals surface area contributed by atoms with Crippen LogP contribution in [-0.4, -0.2) is 5.78 Å². The molecule has 284 valence electrons. The second kappa shape index (κ2) is 12.0. The maximum Gasteiger partial charge on any atom is 0.164 e. The molecule has 14 rings (SSSR count). The molecule has 1 atom stereocenters. The molecule has 4 aliphatic carbocycles. The first-order valence-corrected chi connectivity index (χ1v) is 21.4. The molecule has 61 heavy (non-hydrogen) atoms. The molecule has 2 heteroatoms. The summed E-state index contributed by atoms with van der Waals surface area (Å²) in [5.41, 5.74) is 24.6. The summed E-state index contributed by atoms with van der Waals surface area (Å²) >= 11 is 0. The summed E-state index contributed by atoms with van der Waals surface area (Å²) in [6, 6.07) is 68.6. The highest BCUT2D eigenvalue weighted by atomic mass is 16.3. The largest absolute Gasteiger partial charge is 0.455 e. The van der Waals surface area contributed by atoms with Gasteiger partial charge in [0.05, 0.1) is 5.41 Å². The van der Waals surface area contributed by atoms with Crippen LogP contribution in [0.5, 0.6) is 0 Å². The van der Waals surface area contributed by atoms with Gasteiger partial charge < -0.3 is 4.42 Å². The lowest BCUT2D eigenvalue weighted by Gasteiger charge is -2.35. The highest BCUT2D eigenvalue weighted by Crippen LogP contribution is 2.65. The lowest BCUT2D eigenvalue weighted by atomic mass is 9.67. The van der Waals surface area contributed by atoms with Gasteiger partial charge in [0.1, 0.15) is 11.2 Å². The van der Waals surface area contributed by atoms with E-state index in [1.807, 2.05) is 24.3 Å². The van der Waals surface area contributed by atoms with Crippen LogP contribution in [0.15, 0.2) is 192 Å². The highest BCUT2D eigenvalue weighted by Gasteiger charge is 2.53. The van der Waals surface area contributed by atoms with Crippen LogP contribution in [0.3, 0.4) is 0 Å². The summed E-state index contributed by atoms with van der Waals surface area (Å²) in [5.74, 6) is 0.253. The summed E-state index contributed by atoms with van der Waals surface area (Å²) in [4.78, 5) is 14.7. The van der Waals surface area contributed by atoms with Crippen molar-refractivity contribution in [1.29, 1.82) is 0 Å². The first-order valence-electron chi connectivity index (χ1n) is 21.4. The molecule has 10 aromatic rings. The fraction of sp³-hybridized carbons (Fsp3) is 0.0678. The molecule has 9 aromatic carbocycles. The Balaban J connectivity index is 1.00. The van der Waals surface area contributed by atoms with Crippen molar-refractivity contribution in [2.24, 2.45) is 0 Å². The van der Waals surface area contributed by atoms with E-state index in [-0.39, 0.29) is 11.7 Å². The van der Waals surface area contributed by atoms with E-state index in [1.54, 1.807) is 0 Å². The van der Waals surface area contributed by atoms with Crippen LogP contribution >= 0.6 is 0 Å². The minimum atomic E-state index is -0.436. The van der Waals surface area contributed by atoms with Gasteiger partial charge in [0, 0.05) is 28.3 Å². The number of ketones is 1.